The van der Waals surface area contributed by atoms with E-state index in [2.05, 4.69) is 33.9 Å². The molecule has 6 heteroatoms. The Morgan fingerprint density at radius 1 is 1.03 bits per heavy atom. The van der Waals surface area contributed by atoms with Gasteiger partial charge >= 0.3 is 5.97 Å². The molecule has 1 fully saturated rings. The van der Waals surface area contributed by atoms with Crippen LogP contribution in [0.2, 0.25) is 0 Å². The van der Waals surface area contributed by atoms with Crippen LogP contribution in [0.25, 0.3) is 11.1 Å². The van der Waals surface area contributed by atoms with E-state index in [-0.39, 0.29) is 17.5 Å². The van der Waals surface area contributed by atoms with Crippen molar-refractivity contribution in [2.24, 2.45) is 0 Å². The van der Waals surface area contributed by atoms with Crippen molar-refractivity contribution in [1.82, 2.24) is 9.80 Å². The third-order valence-corrected chi connectivity index (χ3v) is 6.86. The highest BCUT2D eigenvalue weighted by atomic mass is 19.1. The average Bonchev–Trinajstić information content (AvgIpc) is 3.32. The predicted octanol–water partition coefficient (Wildman–Crippen LogP) is 4.55. The molecule has 174 valence electrons. The summed E-state index contributed by atoms with van der Waals surface area (Å²) in [6, 6.07) is 20.5. The van der Waals surface area contributed by atoms with Crippen LogP contribution in [-0.4, -0.2) is 54.5 Å². The number of hydrogen-bond acceptors (Lipinski definition) is 4. The molecule has 2 aliphatic heterocycles. The number of ether oxygens (including phenoxy) is 1. The minimum absolute atomic E-state index is 0.0564. The highest BCUT2D eigenvalue weighted by molar-refractivity contribution is 5.97. The van der Waals surface area contributed by atoms with Crippen molar-refractivity contribution in [3.8, 4) is 11.1 Å². The van der Waals surface area contributed by atoms with Gasteiger partial charge in [-0.05, 0) is 47.7 Å². The van der Waals surface area contributed by atoms with Gasteiger partial charge in [0.25, 0.3) is 5.91 Å². The van der Waals surface area contributed by atoms with Crippen molar-refractivity contribution < 1.29 is 18.7 Å². The summed E-state index contributed by atoms with van der Waals surface area (Å²) in [6.45, 7) is 3.43. The fourth-order valence-corrected chi connectivity index (χ4v) is 5.07. The van der Waals surface area contributed by atoms with Gasteiger partial charge in [0.2, 0.25) is 0 Å². The Hall–Kier alpha value is -3.51. The quantitative estimate of drug-likeness (QED) is 0.527. The van der Waals surface area contributed by atoms with Crippen LogP contribution in [0.1, 0.15) is 38.3 Å². The summed E-state index contributed by atoms with van der Waals surface area (Å²) >= 11 is 0. The number of carbonyl (C=O) groups excluding carboxylic acids is 2. The molecule has 0 N–H and O–H groups in total. The van der Waals surface area contributed by atoms with Gasteiger partial charge in [-0.3, -0.25) is 9.69 Å². The number of esters is 1. The fourth-order valence-electron chi connectivity index (χ4n) is 5.07. The van der Waals surface area contributed by atoms with Crippen molar-refractivity contribution in [1.29, 1.82) is 0 Å². The Bertz CT molecular complexity index is 1230. The normalized spacial score (nSPS) is 18.1. The van der Waals surface area contributed by atoms with Crippen LogP contribution in [-0.2, 0) is 17.7 Å². The van der Waals surface area contributed by atoms with Gasteiger partial charge in [-0.2, -0.15) is 0 Å². The number of likely N-dealkylation sites (tertiary alicyclic amines) is 1. The molecule has 5 nitrogen and oxygen atoms in total. The largest absolute Gasteiger partial charge is 0.465 e. The molecule has 2 heterocycles. The van der Waals surface area contributed by atoms with E-state index < -0.39 is 11.8 Å². The summed E-state index contributed by atoms with van der Waals surface area (Å²) in [5, 5.41) is 0. The molecule has 1 saturated heterocycles. The summed E-state index contributed by atoms with van der Waals surface area (Å²) in [4.78, 5) is 29.4. The monoisotopic (exact) mass is 458 g/mol. The maximum atomic E-state index is 14.7. The number of benzene rings is 3. The zero-order chi connectivity index (χ0) is 23.7. The average molecular weight is 459 g/mol. The first kappa shape index (κ1) is 22.3. The standard InChI is InChI=1S/C28H27FN2O3/c1-34-28(33)22-8-9-24(26(29)16-22)20-7-10-25-21(15-20)11-14-31(27(25)32)23-12-13-30(18-23)17-19-5-3-2-4-6-19/h2-10,15-16,23H,11-14,17-18H2,1H3. The van der Waals surface area contributed by atoms with E-state index in [4.69, 9.17) is 0 Å². The van der Waals surface area contributed by atoms with E-state index in [0.717, 1.165) is 38.0 Å². The summed E-state index contributed by atoms with van der Waals surface area (Å²) in [5.41, 5.74) is 4.20. The van der Waals surface area contributed by atoms with Gasteiger partial charge in [0.05, 0.1) is 12.7 Å². The maximum absolute atomic E-state index is 14.7. The highest BCUT2D eigenvalue weighted by Gasteiger charge is 2.34. The molecule has 0 aliphatic carbocycles. The fraction of sp³-hybridized carbons (Fsp3) is 0.286. The Morgan fingerprint density at radius 3 is 2.59 bits per heavy atom. The predicted molar refractivity (Wildman–Crippen MR) is 128 cm³/mol. The first-order valence-electron chi connectivity index (χ1n) is 11.6. The highest BCUT2D eigenvalue weighted by Crippen LogP contribution is 2.30. The van der Waals surface area contributed by atoms with Gasteiger partial charge in [-0.1, -0.05) is 48.5 Å². The molecular formula is C28H27FN2O3. The van der Waals surface area contributed by atoms with Crippen LogP contribution in [0.3, 0.4) is 0 Å². The van der Waals surface area contributed by atoms with Crippen molar-refractivity contribution in [3.63, 3.8) is 0 Å². The van der Waals surface area contributed by atoms with Crippen LogP contribution in [0, 0.1) is 5.82 Å². The van der Waals surface area contributed by atoms with Gasteiger partial charge in [-0.25, -0.2) is 9.18 Å². The Morgan fingerprint density at radius 2 is 1.82 bits per heavy atom. The van der Waals surface area contributed by atoms with Gasteiger partial charge in [0.1, 0.15) is 5.82 Å². The smallest absolute Gasteiger partial charge is 0.337 e. The second kappa shape index (κ2) is 9.39. The number of hydrogen-bond donors (Lipinski definition) is 0. The van der Waals surface area contributed by atoms with E-state index >= 15 is 0 Å². The minimum Gasteiger partial charge on any atom is -0.465 e. The number of amides is 1. The van der Waals surface area contributed by atoms with E-state index in [9.17, 15) is 14.0 Å². The van der Waals surface area contributed by atoms with Crippen LogP contribution in [0.15, 0.2) is 66.7 Å². The summed E-state index contributed by atoms with van der Waals surface area (Å²) in [7, 11) is 1.27. The first-order chi connectivity index (χ1) is 16.5. The molecule has 34 heavy (non-hydrogen) atoms. The van der Waals surface area contributed by atoms with Crippen LogP contribution in [0.5, 0.6) is 0 Å². The number of rotatable bonds is 5. The lowest BCUT2D eigenvalue weighted by atomic mass is 9.92. The summed E-state index contributed by atoms with van der Waals surface area (Å²) < 4.78 is 19.4. The summed E-state index contributed by atoms with van der Waals surface area (Å²) in [6.07, 6.45) is 1.72. The third-order valence-electron chi connectivity index (χ3n) is 6.86. The first-order valence-corrected chi connectivity index (χ1v) is 11.6. The number of nitrogens with zero attached hydrogens (tertiary/aromatic N) is 2. The Labute approximate surface area is 198 Å². The SMILES string of the molecule is COC(=O)c1ccc(-c2ccc3c(c2)CCN(C2CCN(Cc4ccccc4)C2)C3=O)c(F)c1. The van der Waals surface area contributed by atoms with E-state index in [1.54, 1.807) is 18.2 Å². The molecule has 1 unspecified atom stereocenters. The van der Waals surface area contributed by atoms with Crippen LogP contribution in [0.4, 0.5) is 4.39 Å². The lowest BCUT2D eigenvalue weighted by Gasteiger charge is -2.34. The molecule has 0 radical (unpaired) electrons. The molecule has 0 aromatic heterocycles. The molecule has 0 bridgehead atoms. The van der Waals surface area contributed by atoms with E-state index in [1.165, 1.54) is 18.7 Å². The molecule has 5 rings (SSSR count). The third kappa shape index (κ3) is 4.33. The van der Waals surface area contributed by atoms with E-state index in [1.807, 2.05) is 23.1 Å². The van der Waals surface area contributed by atoms with Crippen LogP contribution >= 0.6 is 0 Å². The maximum Gasteiger partial charge on any atom is 0.337 e. The second-order valence-corrected chi connectivity index (χ2v) is 8.97. The van der Waals surface area contributed by atoms with Crippen molar-refractivity contribution in [3.05, 3.63) is 94.8 Å². The molecule has 0 saturated carbocycles. The van der Waals surface area contributed by atoms with E-state index in [0.29, 0.717) is 23.2 Å². The molecule has 3 aromatic rings. The molecular weight excluding hydrogens is 431 g/mol. The zero-order valence-corrected chi connectivity index (χ0v) is 19.2. The number of methoxy groups -OCH3 is 1. The molecule has 1 amide bonds. The number of halogens is 1. The van der Waals surface area contributed by atoms with Gasteiger partial charge in [0.15, 0.2) is 0 Å². The van der Waals surface area contributed by atoms with Crippen LogP contribution < -0.4 is 0 Å². The molecule has 1 atom stereocenters. The van der Waals surface area contributed by atoms with Crippen molar-refractivity contribution in [2.75, 3.05) is 26.7 Å². The number of carbonyl (C=O) groups is 2. The minimum atomic E-state index is -0.573. The number of fused-ring (bicyclic) bond motifs is 1. The Kier molecular flexibility index (Phi) is 6.16. The lowest BCUT2D eigenvalue weighted by molar-refractivity contribution is 0.0599. The second-order valence-electron chi connectivity index (χ2n) is 8.97. The zero-order valence-electron chi connectivity index (χ0n) is 19.2. The van der Waals surface area contributed by atoms with Gasteiger partial charge in [-0.15, -0.1) is 0 Å². The molecule has 0 spiro atoms. The molecule has 2 aliphatic rings. The lowest BCUT2D eigenvalue weighted by Crippen LogP contribution is -2.45. The van der Waals surface area contributed by atoms with Crippen molar-refractivity contribution in [2.45, 2.75) is 25.4 Å². The topological polar surface area (TPSA) is 49.9 Å². The molecule has 3 aromatic carbocycles. The summed E-state index contributed by atoms with van der Waals surface area (Å²) in [5.74, 6) is -1.01. The van der Waals surface area contributed by atoms with Crippen molar-refractivity contribution >= 4 is 11.9 Å². The van der Waals surface area contributed by atoms with Gasteiger partial charge < -0.3 is 9.64 Å². The Balaban J connectivity index is 1.30. The van der Waals surface area contributed by atoms with Gasteiger partial charge in [0, 0.05) is 43.3 Å².